The maximum atomic E-state index is 14.6. The van der Waals surface area contributed by atoms with Crippen LogP contribution in [0.2, 0.25) is 5.15 Å². The number of carbonyl (C=O) groups excluding carboxylic acids is 5. The van der Waals surface area contributed by atoms with Crippen LogP contribution in [0.5, 0.6) is 34.6 Å². The van der Waals surface area contributed by atoms with Crippen molar-refractivity contribution in [1.29, 1.82) is 0 Å². The molecule has 3 fully saturated rings. The lowest BCUT2D eigenvalue weighted by atomic mass is 9.85. The number of alkyl carbamates (subject to hydrolysis) is 1. The second kappa shape index (κ2) is 44.8. The lowest BCUT2D eigenvalue weighted by molar-refractivity contribution is -0.143. The highest BCUT2D eigenvalue weighted by molar-refractivity contribution is 8.24. The molecule has 14 rings (SSSR count). The maximum absolute atomic E-state index is 14.6. The maximum Gasteiger partial charge on any atom is 0.408 e. The number of sulfonamides is 1. The highest BCUT2D eigenvalue weighted by Crippen LogP contribution is 2.61. The number of rotatable bonds is 22. The minimum absolute atomic E-state index is 0. The molecule has 128 heavy (non-hydrogen) atoms. The Morgan fingerprint density at radius 1 is 0.641 bits per heavy atom. The molecule has 11 aromatic rings. The van der Waals surface area contributed by atoms with Gasteiger partial charge in [0.1, 0.15) is 63.2 Å². The van der Waals surface area contributed by atoms with E-state index < -0.39 is 90.9 Å². The van der Waals surface area contributed by atoms with Crippen LogP contribution in [-0.2, 0) is 33.7 Å². The molecule has 0 radical (unpaired) electrons. The SMILES string of the molecule is C.C=C[C@@H]1C[C@]1(NC(=O)[C@@H]1C[C@@H](Oc2nc(-c3ccccc3)cc3cc(OC)ccc23)CN1C(=O)[C@@H](NC(=O)OC(C)(C)C)C(C)(C)C)C(=O)NS(=O)(=O)C1CC1.CCN(CC)C(=O)c1ccc(OC)cc1C.COc1ccc(C(=O)O)c(C)c1.COc1ccc2c(=O)[nH]c(-c3ccccc3)cc2c1.COc1ccc2c(Cl)nc(-c3ccccc3)cc2c1.O=P(Cl)(Cl)Cl. The van der Waals surface area contributed by atoms with Crippen molar-refractivity contribution in [2.24, 2.45) is 11.3 Å². The molecular formula is C96H109Cl4N8O18PS. The summed E-state index contributed by atoms with van der Waals surface area (Å²) in [4.78, 5) is 106. The fourth-order valence-electron chi connectivity index (χ4n) is 13.9. The van der Waals surface area contributed by atoms with E-state index in [1.807, 2.05) is 189 Å². The summed E-state index contributed by atoms with van der Waals surface area (Å²) in [5.74, 6) is 0.472. The molecule has 0 spiro atoms. The number of carboxylic acids is 1. The van der Waals surface area contributed by atoms with Gasteiger partial charge in [-0.15, -0.1) is 6.58 Å². The number of likely N-dealkylation sites (tertiary alicyclic amines) is 1. The number of pyridine rings is 3. The zero-order chi connectivity index (χ0) is 93.0. The third kappa shape index (κ3) is 27.7. The number of fused-ring (bicyclic) bond motifs is 3. The van der Waals surface area contributed by atoms with Crippen LogP contribution >= 0.6 is 50.5 Å². The van der Waals surface area contributed by atoms with Crippen LogP contribution in [0.4, 0.5) is 4.79 Å². The van der Waals surface area contributed by atoms with Gasteiger partial charge in [-0.05, 0) is 249 Å². The highest BCUT2D eigenvalue weighted by Gasteiger charge is 2.62. The first-order valence-electron chi connectivity index (χ1n) is 40.6. The Morgan fingerprint density at radius 2 is 1.09 bits per heavy atom. The summed E-state index contributed by atoms with van der Waals surface area (Å²) >= 11 is 20.1. The molecule has 2 aliphatic carbocycles. The quantitative estimate of drug-likeness (QED) is 0.0239. The summed E-state index contributed by atoms with van der Waals surface area (Å²) in [6.45, 7) is 23.3. The Bertz CT molecular complexity index is 6010. The Labute approximate surface area is 766 Å². The lowest BCUT2D eigenvalue weighted by Gasteiger charge is -2.36. The van der Waals surface area contributed by atoms with E-state index in [4.69, 9.17) is 54.8 Å². The summed E-state index contributed by atoms with van der Waals surface area (Å²) < 4.78 is 75.3. The van der Waals surface area contributed by atoms with Crippen LogP contribution in [0.15, 0.2) is 218 Å². The molecule has 8 aromatic carbocycles. The molecule has 3 aliphatic rings. The predicted molar refractivity (Wildman–Crippen MR) is 507 cm³/mol. The van der Waals surface area contributed by atoms with E-state index in [2.05, 4.69) is 65.6 Å². The minimum Gasteiger partial charge on any atom is -0.497 e. The number of halogens is 4. The number of H-pyrrole nitrogens is 1. The second-order valence-electron chi connectivity index (χ2n) is 32.0. The zero-order valence-electron chi connectivity index (χ0n) is 73.2. The molecule has 0 bridgehead atoms. The van der Waals surface area contributed by atoms with Crippen LogP contribution in [0.1, 0.15) is 120 Å². The molecule has 3 aromatic heterocycles. The van der Waals surface area contributed by atoms with Crippen molar-refractivity contribution in [3.8, 4) is 68.4 Å². The number of methoxy groups -OCH3 is 5. The van der Waals surface area contributed by atoms with Crippen molar-refractivity contribution in [3.63, 3.8) is 0 Å². The molecule has 2 saturated carbocycles. The number of amides is 5. The van der Waals surface area contributed by atoms with E-state index in [1.165, 1.54) is 17.0 Å². The topological polar surface area (TPSA) is 340 Å². The number of aromatic carboxylic acids is 1. The molecule has 5 atom stereocenters. The number of aryl methyl sites for hydroxylation is 2. The first-order chi connectivity index (χ1) is 60.1. The molecule has 680 valence electrons. The third-order valence-electron chi connectivity index (χ3n) is 20.8. The number of carbonyl (C=O) groups is 6. The molecule has 32 heteroatoms. The Balaban J connectivity index is 0.000000227. The highest BCUT2D eigenvalue weighted by atomic mass is 36.0. The van der Waals surface area contributed by atoms with Crippen molar-refractivity contribution in [1.82, 2.24) is 40.1 Å². The van der Waals surface area contributed by atoms with Gasteiger partial charge in [-0.1, -0.05) is 137 Å². The summed E-state index contributed by atoms with van der Waals surface area (Å²) in [6, 6.07) is 60.1. The molecule has 5 amide bonds. The largest absolute Gasteiger partial charge is 0.497 e. The van der Waals surface area contributed by atoms with E-state index >= 15 is 0 Å². The van der Waals surface area contributed by atoms with Crippen LogP contribution < -0.4 is 49.3 Å². The number of hydrogen-bond donors (Lipinski definition) is 5. The molecular weight excluding hydrogens is 1760 g/mol. The van der Waals surface area contributed by atoms with E-state index in [9.17, 15) is 46.5 Å². The van der Waals surface area contributed by atoms with Crippen LogP contribution in [0, 0.1) is 25.2 Å². The van der Waals surface area contributed by atoms with Crippen molar-refractivity contribution in [2.75, 3.05) is 55.2 Å². The van der Waals surface area contributed by atoms with Gasteiger partial charge in [0.15, 0.2) is 0 Å². The van der Waals surface area contributed by atoms with E-state index in [0.29, 0.717) is 57.1 Å². The van der Waals surface area contributed by atoms with Crippen molar-refractivity contribution >= 4 is 129 Å². The summed E-state index contributed by atoms with van der Waals surface area (Å²) in [5.41, 5.74) is 4.59. The average Bonchev–Trinajstić information content (AvgIpc) is 1.57. The van der Waals surface area contributed by atoms with Gasteiger partial charge in [-0.25, -0.2) is 28.0 Å². The lowest BCUT2D eigenvalue weighted by Crippen LogP contribution is -2.60. The predicted octanol–water partition coefficient (Wildman–Crippen LogP) is 20.3. The summed E-state index contributed by atoms with van der Waals surface area (Å²) in [5, 5.41) is 15.8. The molecule has 1 saturated heterocycles. The summed E-state index contributed by atoms with van der Waals surface area (Å²) in [7, 11) is 4.11. The fraction of sp³-hybridized carbons (Fsp3) is 0.323. The van der Waals surface area contributed by atoms with E-state index in [-0.39, 0.29) is 44.2 Å². The smallest absolute Gasteiger partial charge is 0.408 e. The van der Waals surface area contributed by atoms with Gasteiger partial charge in [-0.2, -0.15) is 0 Å². The van der Waals surface area contributed by atoms with Crippen LogP contribution in [0.3, 0.4) is 0 Å². The van der Waals surface area contributed by atoms with Crippen LogP contribution in [-0.4, -0.2) is 164 Å². The molecule has 5 N–H and O–H groups in total. The molecule has 0 unspecified atom stereocenters. The Hall–Kier alpha value is -11.7. The van der Waals surface area contributed by atoms with Gasteiger partial charge < -0.3 is 63.7 Å². The molecule has 1 aliphatic heterocycles. The van der Waals surface area contributed by atoms with E-state index in [1.54, 1.807) is 114 Å². The number of aromatic amines is 1. The number of benzene rings is 8. The fourth-order valence-corrected chi connectivity index (χ4v) is 15.5. The van der Waals surface area contributed by atoms with Gasteiger partial charge in [0.25, 0.3) is 17.4 Å². The Morgan fingerprint density at radius 3 is 1.53 bits per heavy atom. The molecule has 26 nitrogen and oxygen atoms in total. The van der Waals surface area contributed by atoms with Crippen LogP contribution in [0.25, 0.3) is 66.1 Å². The van der Waals surface area contributed by atoms with Crippen molar-refractivity contribution in [2.45, 2.75) is 137 Å². The number of aromatic nitrogens is 3. The number of nitrogens with zero attached hydrogens (tertiary/aromatic N) is 4. The van der Waals surface area contributed by atoms with Gasteiger partial charge in [0.2, 0.25) is 27.7 Å². The Kier molecular flexibility index (Phi) is 35.6. The van der Waals surface area contributed by atoms with Gasteiger partial charge in [0, 0.05) is 64.0 Å². The first-order valence-corrected chi connectivity index (χ1v) is 46.9. The van der Waals surface area contributed by atoms with E-state index in [0.717, 1.165) is 91.1 Å². The second-order valence-corrected chi connectivity index (χ2v) is 41.0. The number of carboxylic acid groups (broad SMARTS) is 1. The zero-order valence-corrected chi connectivity index (χ0v) is 78.0. The van der Waals surface area contributed by atoms with Gasteiger partial charge >= 0.3 is 17.3 Å². The van der Waals surface area contributed by atoms with Gasteiger partial charge in [0.05, 0.1) is 64.3 Å². The third-order valence-corrected chi connectivity index (χ3v) is 22.9. The standard InChI is InChI=1S/C41H51N5O9S.C16H12ClNO.C16H13NO2.C13H19NO2.C9H10O3.CH4.Cl3OP/c1-9-26-22-41(26,37(49)45-56(51,52)29-16-17-29)44-34(47)32-21-28(23-46(32)36(48)33(39(2,3)4)43-38(50)55-40(5,6)7)54-35-30-18-15-27(53-8)19-25(30)20-31(42-35)24-13-11-10-12-14-24;1-19-13-7-8-14-12(9-13)10-15(18-16(14)17)11-5-3-2-4-6-11;1-19-13-7-8-14-12(9-13)10-15(17-16(14)18)11-5-3-2-4-6-11;1-5-14(6-2)13(15)12-8-7-11(16-4)9-10(12)3;1-6-5-7(12-2)3-4-8(6)9(10)11;;1-5(2,3)4/h9-15,18-20,26,28-29,32-33H,1,16-17,21-23H2,2-8H3,(H,43,50)(H,44,47)(H,45,49);2-10H,1H3;2-10H,1H3,(H,17,18);7-9H,5-6H2,1-4H3;3-5H,1-2H3,(H,10,11);1H4;/t26-,28-,32+,33-,41-;;;;;;/m1....../s1. The monoisotopic (exact) mass is 1860 g/mol. The average molecular weight is 1870 g/mol. The van der Waals surface area contributed by atoms with Crippen molar-refractivity contribution in [3.05, 3.63) is 251 Å². The number of hydrogen-bond acceptors (Lipinski definition) is 19. The van der Waals surface area contributed by atoms with Crippen molar-refractivity contribution < 1.29 is 80.0 Å². The first kappa shape index (κ1) is 102. The number of nitrogens with one attached hydrogen (secondary N) is 4. The summed E-state index contributed by atoms with van der Waals surface area (Å²) in [6.07, 6.45) is 0.950. The normalized spacial score (nSPS) is 15.7. The van der Waals surface area contributed by atoms with Gasteiger partial charge in [-0.3, -0.25) is 33.3 Å². The molecule has 4 heterocycles. The minimum atomic E-state index is -3.92. The number of ether oxygens (including phenoxy) is 7.